The molecule has 0 aliphatic rings. The molecule has 63 heavy (non-hydrogen) atoms. The van der Waals surface area contributed by atoms with Crippen molar-refractivity contribution < 1.29 is 42.3 Å². The Bertz CT molecular complexity index is 2740. The minimum atomic E-state index is -1.00. The number of alkyl halides is 1. The van der Waals surface area contributed by atoms with Gasteiger partial charge in [-0.1, -0.05) is 72.8 Å². The van der Waals surface area contributed by atoms with Gasteiger partial charge in [0.1, 0.15) is 46.3 Å². The van der Waals surface area contributed by atoms with E-state index in [0.29, 0.717) is 87.2 Å². The molecule has 1 radical (unpaired) electrons. The number of fused-ring (bicyclic) bond motifs is 2. The SMILES string of the molecule is COc1c(Br)cc2c(-c3ccccc3F)c(OC)c(Br)cc2c1-c1ccccc1F.COc1ccc2c(-c3ccccc3F)c(OC)ccc2c1-c1ccccc1F.[2H]CF.[B]=NS. The normalized spacial score (nSPS) is 10.6. The Morgan fingerprint density at radius 1 is 0.476 bits per heavy atom. The van der Waals surface area contributed by atoms with Crippen molar-refractivity contribution in [1.82, 2.24) is 0 Å². The topological polar surface area (TPSA) is 49.3 Å². The van der Waals surface area contributed by atoms with Gasteiger partial charge in [0.05, 0.1) is 45.9 Å². The second-order valence-corrected chi connectivity index (χ2v) is 15.0. The third-order valence-electron chi connectivity index (χ3n) is 9.80. The van der Waals surface area contributed by atoms with Gasteiger partial charge in [0.15, 0.2) is 0 Å². The van der Waals surface area contributed by atoms with Gasteiger partial charge in [0, 0.05) is 44.5 Å². The van der Waals surface area contributed by atoms with Crippen molar-refractivity contribution in [3.63, 3.8) is 0 Å². The summed E-state index contributed by atoms with van der Waals surface area (Å²) >= 11 is 10.3. The predicted octanol–water partition coefficient (Wildman–Crippen LogP) is 15.2. The van der Waals surface area contributed by atoms with Crippen LogP contribution in [-0.2, 0) is 0 Å². The van der Waals surface area contributed by atoms with Gasteiger partial charge in [-0.15, -0.1) is 0 Å². The molecule has 0 atom stereocenters. The van der Waals surface area contributed by atoms with Crippen molar-refractivity contribution in [3.05, 3.63) is 166 Å². The van der Waals surface area contributed by atoms with Crippen molar-refractivity contribution in [3.8, 4) is 67.5 Å². The van der Waals surface area contributed by atoms with Crippen LogP contribution >= 0.6 is 44.7 Å². The minimum absolute atomic E-state index is 0.350. The van der Waals surface area contributed by atoms with Crippen LogP contribution in [0.3, 0.4) is 0 Å². The monoisotopic (exact) mass is 1000 g/mol. The standard InChI is InChI=1S/C24H16Br2F2O2.C24H18F2O2.CH3F.BHNS/c1-29-23-17(25)11-16-15(21(23)13-7-3-5-9-19(13)27)12-18(26)24(30-2)22(16)14-8-4-6-10-20(14)28;1-27-21-13-11-16-15(23(21)17-7-3-5-9-19(17)25)12-14-22(28-2)24(16)18-8-4-6-10-20(18)26;1-2;1-2-3/h3-12H,1-2H3;3-14H,1-2H3;1H3;3H/i;;1D;. The van der Waals surface area contributed by atoms with Gasteiger partial charge < -0.3 is 18.9 Å². The van der Waals surface area contributed by atoms with Crippen LogP contribution in [0.1, 0.15) is 1.37 Å². The Balaban J connectivity index is 0.000000215. The number of rotatable bonds is 8. The van der Waals surface area contributed by atoms with E-state index in [4.69, 9.17) is 20.3 Å². The van der Waals surface area contributed by atoms with Gasteiger partial charge in [0.2, 0.25) is 0 Å². The molecule has 0 spiro atoms. The molecule has 5 nitrogen and oxygen atoms in total. The van der Waals surface area contributed by atoms with Crippen LogP contribution in [0.25, 0.3) is 66.1 Å². The van der Waals surface area contributed by atoms with E-state index in [0.717, 1.165) is 10.8 Å². The molecule has 0 unspecified atom stereocenters. The zero-order valence-electron chi connectivity index (χ0n) is 35.2. The molecule has 0 aliphatic carbocycles. The first-order valence-electron chi connectivity index (χ1n) is 19.3. The number of halogens is 7. The van der Waals surface area contributed by atoms with Crippen LogP contribution in [0.4, 0.5) is 22.0 Å². The van der Waals surface area contributed by atoms with E-state index in [1.165, 1.54) is 38.5 Å². The number of methoxy groups -OCH3 is 4. The van der Waals surface area contributed by atoms with E-state index in [1.807, 2.05) is 24.3 Å². The van der Waals surface area contributed by atoms with E-state index in [2.05, 4.69) is 56.6 Å². The Kier molecular flexibility index (Phi) is 16.8. The van der Waals surface area contributed by atoms with E-state index >= 15 is 0 Å². The van der Waals surface area contributed by atoms with E-state index in [9.17, 15) is 22.0 Å². The molecule has 0 saturated carbocycles. The molecular formula is C49H38BBr2F5NO4S. The summed E-state index contributed by atoms with van der Waals surface area (Å²) in [6.45, 7) is 0. The van der Waals surface area contributed by atoms with Gasteiger partial charge >= 0.3 is 24.8 Å². The maximum absolute atomic E-state index is 14.8. The molecule has 0 aromatic heterocycles. The van der Waals surface area contributed by atoms with Crippen LogP contribution < -0.4 is 18.9 Å². The summed E-state index contributed by atoms with van der Waals surface area (Å²) in [7, 11) is 9.50. The van der Waals surface area contributed by atoms with Crippen molar-refractivity contribution in [1.29, 1.82) is 0 Å². The van der Waals surface area contributed by atoms with E-state index in [-0.39, 0.29) is 23.3 Å². The van der Waals surface area contributed by atoms with Gasteiger partial charge in [-0.25, -0.2) is 17.6 Å². The van der Waals surface area contributed by atoms with Crippen LogP contribution in [-0.4, -0.2) is 43.2 Å². The quantitative estimate of drug-likeness (QED) is 0.0936. The molecule has 0 aliphatic heterocycles. The molecule has 0 bridgehead atoms. The number of thiol groups is 1. The van der Waals surface area contributed by atoms with Crippen molar-refractivity contribution >= 4 is 73.9 Å². The molecule has 0 saturated heterocycles. The Labute approximate surface area is 387 Å². The molecular weight excluding hydrogens is 964 g/mol. The summed E-state index contributed by atoms with van der Waals surface area (Å²) in [4.78, 5) is 0. The average molecular weight is 1000 g/mol. The molecule has 14 heteroatoms. The summed E-state index contributed by atoms with van der Waals surface area (Å²) in [6, 6.07) is 37.0. The summed E-state index contributed by atoms with van der Waals surface area (Å²) in [5.41, 5.74) is 4.01. The first-order valence-corrected chi connectivity index (χ1v) is 20.6. The van der Waals surface area contributed by atoms with Crippen molar-refractivity contribution in [2.75, 3.05) is 35.6 Å². The summed E-state index contributed by atoms with van der Waals surface area (Å²) in [5.74, 6) is 0.607. The molecule has 8 aromatic carbocycles. The van der Waals surface area contributed by atoms with Crippen LogP contribution in [0, 0.1) is 23.3 Å². The molecule has 8 aromatic rings. The zero-order valence-corrected chi connectivity index (χ0v) is 38.2. The second kappa shape index (κ2) is 22.6. The molecule has 0 N–H and O–H groups in total. The fraction of sp³-hybridized carbons (Fsp3) is 0.102. The zero-order chi connectivity index (χ0) is 46.5. The van der Waals surface area contributed by atoms with Gasteiger partial charge in [0.25, 0.3) is 0 Å². The fourth-order valence-corrected chi connectivity index (χ4v) is 8.47. The number of ether oxygens (including phenoxy) is 4. The Morgan fingerprint density at radius 2 is 0.746 bits per heavy atom. The van der Waals surface area contributed by atoms with Crippen LogP contribution in [0.2, 0.25) is 0 Å². The fourth-order valence-electron chi connectivity index (χ4n) is 7.29. The summed E-state index contributed by atoms with van der Waals surface area (Å²) < 4.78 is 101. The van der Waals surface area contributed by atoms with Crippen LogP contribution in [0.5, 0.6) is 23.0 Å². The first-order chi connectivity index (χ1) is 31.0. The van der Waals surface area contributed by atoms with Gasteiger partial charge in [-0.2, -0.15) is 0 Å². The molecule has 0 amide bonds. The molecule has 321 valence electrons. The van der Waals surface area contributed by atoms with Crippen LogP contribution in [0.15, 0.2) is 147 Å². The maximum atomic E-state index is 14.8. The molecule has 0 fully saturated rings. The van der Waals surface area contributed by atoms with Crippen molar-refractivity contribution in [2.24, 2.45) is 4.30 Å². The molecule has 8 rings (SSSR count). The predicted molar refractivity (Wildman–Crippen MR) is 255 cm³/mol. The average Bonchev–Trinajstić information content (AvgIpc) is 3.29. The Morgan fingerprint density at radius 3 is 1.00 bits per heavy atom. The number of benzene rings is 8. The van der Waals surface area contributed by atoms with Crippen molar-refractivity contribution in [2.45, 2.75) is 0 Å². The molecule has 0 heterocycles. The summed E-state index contributed by atoms with van der Waals surface area (Å²) in [5, 5.41) is 2.91. The summed E-state index contributed by atoms with van der Waals surface area (Å²) in [6.07, 6.45) is 0. The third-order valence-corrected chi connectivity index (χ3v) is 11.0. The Hall–Kier alpha value is -5.70. The number of nitrogens with zero attached hydrogens (tertiary/aromatic N) is 1. The number of hydrogen-bond acceptors (Lipinski definition) is 6. The second-order valence-electron chi connectivity index (χ2n) is 13.0. The first kappa shape index (κ1) is 46.8. The van der Waals surface area contributed by atoms with Gasteiger partial charge in [-0.3, -0.25) is 4.39 Å². The third kappa shape index (κ3) is 10.1. The van der Waals surface area contributed by atoms with E-state index in [1.54, 1.807) is 99.1 Å². The van der Waals surface area contributed by atoms with E-state index < -0.39 is 7.15 Å². The number of hydrogen-bond donors (Lipinski definition) is 1. The van der Waals surface area contributed by atoms with Gasteiger partial charge in [-0.05, 0) is 114 Å².